The fraction of sp³-hybridized carbons (Fsp3) is 0.333. The molecule has 0 unspecified atom stereocenters. The number of thioether (sulfide) groups is 1. The lowest BCUT2D eigenvalue weighted by Gasteiger charge is -2.14. The highest BCUT2D eigenvalue weighted by atomic mass is 32.2. The maximum absolute atomic E-state index is 12.1. The Hall–Kier alpha value is -1.84. The summed E-state index contributed by atoms with van der Waals surface area (Å²) in [5, 5.41) is 14.2. The van der Waals surface area contributed by atoms with Crippen molar-refractivity contribution in [2.45, 2.75) is 13.5 Å². The van der Waals surface area contributed by atoms with Gasteiger partial charge in [-0.25, -0.2) is 8.42 Å². The van der Waals surface area contributed by atoms with E-state index in [1.807, 2.05) is 52.7 Å². The van der Waals surface area contributed by atoms with Crippen molar-refractivity contribution in [2.75, 3.05) is 25.1 Å². The SMILES string of the molecule is CCN1CCS/C1=C\C=C\c1sc2ccccc2[n+]1C/C([O-])=N/S(C)(=O)=O. The first-order valence-corrected chi connectivity index (χ1v) is 12.2. The van der Waals surface area contributed by atoms with Gasteiger partial charge in [0.15, 0.2) is 6.54 Å². The second-order valence-electron chi connectivity index (χ2n) is 6.00. The van der Waals surface area contributed by atoms with E-state index in [1.54, 1.807) is 11.3 Å². The normalized spacial score (nSPS) is 17.6. The fourth-order valence-electron chi connectivity index (χ4n) is 2.83. The minimum absolute atomic E-state index is 0.108. The van der Waals surface area contributed by atoms with E-state index in [-0.39, 0.29) is 6.54 Å². The Labute approximate surface area is 167 Å². The highest BCUT2D eigenvalue weighted by Gasteiger charge is 2.19. The summed E-state index contributed by atoms with van der Waals surface area (Å²) in [7, 11) is -3.70. The largest absolute Gasteiger partial charge is 0.857 e. The molecule has 0 radical (unpaired) electrons. The first kappa shape index (κ1) is 19.9. The average Bonchev–Trinajstić information content (AvgIpc) is 3.18. The van der Waals surface area contributed by atoms with E-state index in [2.05, 4.69) is 22.3 Å². The molecule has 144 valence electrons. The molecule has 0 N–H and O–H groups in total. The molecule has 2 heterocycles. The Balaban J connectivity index is 1.94. The van der Waals surface area contributed by atoms with Crippen LogP contribution in [0.5, 0.6) is 0 Å². The van der Waals surface area contributed by atoms with Crippen molar-refractivity contribution < 1.29 is 18.1 Å². The van der Waals surface area contributed by atoms with Gasteiger partial charge in [0, 0.05) is 36.9 Å². The second kappa shape index (κ2) is 8.45. The zero-order valence-electron chi connectivity index (χ0n) is 15.2. The van der Waals surface area contributed by atoms with Crippen LogP contribution in [0.15, 0.2) is 45.8 Å². The van der Waals surface area contributed by atoms with Crippen LogP contribution in [-0.2, 0) is 16.6 Å². The van der Waals surface area contributed by atoms with Crippen molar-refractivity contribution in [2.24, 2.45) is 4.40 Å². The lowest BCUT2D eigenvalue weighted by atomic mass is 10.3. The molecule has 1 aliphatic heterocycles. The van der Waals surface area contributed by atoms with Crippen LogP contribution in [0.1, 0.15) is 11.9 Å². The number of benzene rings is 1. The number of aromatic nitrogens is 1. The van der Waals surface area contributed by atoms with Crippen molar-refractivity contribution >= 4 is 55.3 Å². The Kier molecular flexibility index (Phi) is 6.23. The zero-order valence-corrected chi connectivity index (χ0v) is 17.6. The number of rotatable bonds is 6. The van der Waals surface area contributed by atoms with Crippen LogP contribution in [0.2, 0.25) is 0 Å². The van der Waals surface area contributed by atoms with Gasteiger partial charge in [-0.05, 0) is 19.1 Å². The molecule has 1 saturated heterocycles. The van der Waals surface area contributed by atoms with Gasteiger partial charge in [0.2, 0.25) is 15.5 Å². The number of fused-ring (bicyclic) bond motifs is 1. The topological polar surface area (TPSA) is 76.7 Å². The van der Waals surface area contributed by atoms with E-state index in [0.29, 0.717) is 0 Å². The predicted molar refractivity (Wildman–Crippen MR) is 111 cm³/mol. The quantitative estimate of drug-likeness (QED) is 0.402. The molecule has 1 aromatic heterocycles. The number of hydrogen-bond acceptors (Lipinski definition) is 6. The third-order valence-electron chi connectivity index (χ3n) is 3.98. The number of para-hydroxylation sites is 1. The average molecular weight is 424 g/mol. The number of nitrogens with zero attached hydrogens (tertiary/aromatic N) is 3. The molecule has 0 spiro atoms. The molecule has 1 fully saturated rings. The van der Waals surface area contributed by atoms with Crippen molar-refractivity contribution in [1.82, 2.24) is 4.90 Å². The molecule has 9 heteroatoms. The Morgan fingerprint density at radius 1 is 1.41 bits per heavy atom. The smallest absolute Gasteiger partial charge is 0.263 e. The maximum Gasteiger partial charge on any atom is 0.263 e. The van der Waals surface area contributed by atoms with Crippen molar-refractivity contribution in [3.05, 3.63) is 46.5 Å². The van der Waals surface area contributed by atoms with Gasteiger partial charge >= 0.3 is 0 Å². The highest BCUT2D eigenvalue weighted by molar-refractivity contribution is 8.03. The van der Waals surface area contributed by atoms with E-state index in [0.717, 1.165) is 40.3 Å². The summed E-state index contributed by atoms with van der Waals surface area (Å²) in [4.78, 5) is 2.32. The van der Waals surface area contributed by atoms with E-state index >= 15 is 0 Å². The van der Waals surface area contributed by atoms with Crippen molar-refractivity contribution in [3.8, 4) is 0 Å². The molecule has 0 atom stereocenters. The number of thiazole rings is 1. The first-order valence-electron chi connectivity index (χ1n) is 8.50. The van der Waals surface area contributed by atoms with Gasteiger partial charge in [0.1, 0.15) is 4.70 Å². The van der Waals surface area contributed by atoms with Gasteiger partial charge in [0.05, 0.1) is 11.3 Å². The summed E-state index contributed by atoms with van der Waals surface area (Å²) in [5.41, 5.74) is 0.886. The van der Waals surface area contributed by atoms with Crippen LogP contribution in [0.25, 0.3) is 16.3 Å². The van der Waals surface area contributed by atoms with Crippen molar-refractivity contribution in [3.63, 3.8) is 0 Å². The molecule has 0 amide bonds. The summed E-state index contributed by atoms with van der Waals surface area (Å²) in [6.07, 6.45) is 6.94. The second-order valence-corrected chi connectivity index (χ2v) is 9.83. The molecule has 0 saturated carbocycles. The lowest BCUT2D eigenvalue weighted by Crippen LogP contribution is -2.43. The Bertz CT molecular complexity index is 1020. The molecule has 2 aromatic rings. The lowest BCUT2D eigenvalue weighted by molar-refractivity contribution is -0.658. The molecule has 27 heavy (non-hydrogen) atoms. The molecular weight excluding hydrogens is 402 g/mol. The molecule has 6 nitrogen and oxygen atoms in total. The third-order valence-corrected chi connectivity index (χ3v) is 6.72. The maximum atomic E-state index is 12.1. The van der Waals surface area contributed by atoms with Gasteiger partial charge in [0.25, 0.3) is 5.01 Å². The number of sulfonamides is 1. The van der Waals surface area contributed by atoms with Gasteiger partial charge in [-0.3, -0.25) is 0 Å². The number of hydrogen-bond donors (Lipinski definition) is 0. The molecule has 1 aliphatic rings. The van der Waals surface area contributed by atoms with Crippen LogP contribution in [-0.4, -0.2) is 44.3 Å². The van der Waals surface area contributed by atoms with Crippen LogP contribution in [0, 0.1) is 0 Å². The van der Waals surface area contributed by atoms with E-state index in [9.17, 15) is 13.5 Å². The highest BCUT2D eigenvalue weighted by Crippen LogP contribution is 2.27. The van der Waals surface area contributed by atoms with Crippen LogP contribution < -0.4 is 9.67 Å². The minimum Gasteiger partial charge on any atom is -0.857 e. The monoisotopic (exact) mass is 423 g/mol. The van der Waals surface area contributed by atoms with Gasteiger partial charge in [-0.2, -0.15) is 8.96 Å². The van der Waals surface area contributed by atoms with Crippen LogP contribution >= 0.6 is 23.1 Å². The Morgan fingerprint density at radius 2 is 2.19 bits per heavy atom. The van der Waals surface area contributed by atoms with Crippen LogP contribution in [0.3, 0.4) is 0 Å². The predicted octanol–water partition coefficient (Wildman–Crippen LogP) is 1.83. The molecule has 3 rings (SSSR count). The standard InChI is InChI=1S/C18H21N3O3S3/c1-3-20-11-12-25-17(20)9-6-10-18-21(13-16(22)19-27(2,23)24)14-7-4-5-8-15(14)26-18/h4-10H,3,11-13H2,1-2H3. The van der Waals surface area contributed by atoms with Crippen LogP contribution in [0.4, 0.5) is 0 Å². The third kappa shape index (κ3) is 5.12. The summed E-state index contributed by atoms with van der Waals surface area (Å²) >= 11 is 3.39. The van der Waals surface area contributed by atoms with Gasteiger partial charge in [-0.1, -0.05) is 29.5 Å². The summed E-state index contributed by atoms with van der Waals surface area (Å²) in [5.74, 6) is 0.417. The van der Waals surface area contributed by atoms with E-state index < -0.39 is 15.9 Å². The molecule has 0 aliphatic carbocycles. The number of allylic oxidation sites excluding steroid dienone is 2. The summed E-state index contributed by atoms with van der Waals surface area (Å²) < 4.78 is 28.7. The summed E-state index contributed by atoms with van der Waals surface area (Å²) in [6, 6.07) is 7.74. The first-order chi connectivity index (χ1) is 12.9. The summed E-state index contributed by atoms with van der Waals surface area (Å²) in [6.45, 7) is 4.08. The molecule has 0 bridgehead atoms. The minimum atomic E-state index is -3.70. The Morgan fingerprint density at radius 3 is 2.93 bits per heavy atom. The van der Waals surface area contributed by atoms with Gasteiger partial charge in [-0.15, -0.1) is 11.8 Å². The van der Waals surface area contributed by atoms with Crippen molar-refractivity contribution in [1.29, 1.82) is 0 Å². The van der Waals surface area contributed by atoms with Gasteiger partial charge < -0.3 is 10.0 Å². The van der Waals surface area contributed by atoms with E-state index in [4.69, 9.17) is 0 Å². The zero-order chi connectivity index (χ0) is 19.4. The van der Waals surface area contributed by atoms with E-state index in [1.165, 1.54) is 5.03 Å². The molecule has 1 aromatic carbocycles. The molecular formula is C18H21N3O3S3. The fourth-order valence-corrected chi connectivity index (χ4v) is 5.43.